The van der Waals surface area contributed by atoms with E-state index in [1.807, 2.05) is 0 Å². The highest BCUT2D eigenvalue weighted by Crippen LogP contribution is 2.22. The largest absolute Gasteiger partial charge is 0.383 e. The number of sulfone groups is 1. The van der Waals surface area contributed by atoms with Gasteiger partial charge in [-0.2, -0.15) is 8.78 Å². The summed E-state index contributed by atoms with van der Waals surface area (Å²) >= 11 is 11.6. The van der Waals surface area contributed by atoms with Gasteiger partial charge in [0.25, 0.3) is 5.91 Å². The molecule has 0 aromatic heterocycles. The van der Waals surface area contributed by atoms with Crippen molar-refractivity contribution in [2.75, 3.05) is 18.4 Å². The normalized spacial score (nSPS) is 11.4. The minimum atomic E-state index is -4.61. The number of benzene rings is 2. The maximum Gasteiger partial charge on any atom is 0.341 e. The topological polar surface area (TPSA) is 75.3 Å². The van der Waals surface area contributed by atoms with Gasteiger partial charge in [-0.15, -0.1) is 0 Å². The lowest BCUT2D eigenvalue weighted by molar-refractivity contribution is 0.0955. The fraction of sp³-hybridized carbons (Fsp3) is 0.188. The summed E-state index contributed by atoms with van der Waals surface area (Å²) < 4.78 is 47.5. The van der Waals surface area contributed by atoms with E-state index in [9.17, 15) is 22.0 Å². The van der Waals surface area contributed by atoms with Crippen LogP contribution < -0.4 is 10.6 Å². The van der Waals surface area contributed by atoms with Crippen molar-refractivity contribution in [3.05, 3.63) is 58.1 Å². The van der Waals surface area contributed by atoms with Crippen molar-refractivity contribution in [3.8, 4) is 0 Å². The molecule has 0 unspecified atom stereocenters. The van der Waals surface area contributed by atoms with Crippen LogP contribution in [0.15, 0.2) is 47.4 Å². The van der Waals surface area contributed by atoms with Crippen molar-refractivity contribution in [1.29, 1.82) is 0 Å². The van der Waals surface area contributed by atoms with Gasteiger partial charge < -0.3 is 10.6 Å². The second kappa shape index (κ2) is 8.66. The zero-order valence-electron chi connectivity index (χ0n) is 13.2. The van der Waals surface area contributed by atoms with Crippen LogP contribution in [-0.2, 0) is 9.84 Å². The summed E-state index contributed by atoms with van der Waals surface area (Å²) in [4.78, 5) is 11.5. The summed E-state index contributed by atoms with van der Waals surface area (Å²) in [6.45, 7) is 0.615. The Hall–Kier alpha value is -1.90. The standard InChI is InChI=1S/C16H14Cl2F2N2O3S/c17-13-6-1-10(9-14(13)18)15(23)22-8-7-21-11-2-4-12(5-3-11)26(24,25)16(19)20/h1-6,9,16,21H,7-8H2,(H,22,23). The maximum atomic E-state index is 12.5. The van der Waals surface area contributed by atoms with E-state index >= 15 is 0 Å². The molecule has 26 heavy (non-hydrogen) atoms. The Balaban J connectivity index is 1.84. The van der Waals surface area contributed by atoms with Crippen LogP contribution in [0.1, 0.15) is 10.4 Å². The molecule has 2 aromatic rings. The Kier molecular flexibility index (Phi) is 6.80. The van der Waals surface area contributed by atoms with Crippen LogP contribution in [0.25, 0.3) is 0 Å². The second-order valence-corrected chi connectivity index (χ2v) is 7.87. The summed E-state index contributed by atoms with van der Waals surface area (Å²) in [5.41, 5.74) is 0.892. The lowest BCUT2D eigenvalue weighted by Crippen LogP contribution is -2.28. The summed E-state index contributed by atoms with van der Waals surface area (Å²) in [5.74, 6) is -3.79. The van der Waals surface area contributed by atoms with Crippen LogP contribution >= 0.6 is 23.2 Å². The highest BCUT2D eigenvalue weighted by molar-refractivity contribution is 7.91. The Morgan fingerprint density at radius 1 is 1.00 bits per heavy atom. The molecule has 0 fully saturated rings. The predicted molar refractivity (Wildman–Crippen MR) is 96.9 cm³/mol. The minimum Gasteiger partial charge on any atom is -0.383 e. The highest BCUT2D eigenvalue weighted by atomic mass is 35.5. The predicted octanol–water partition coefficient (Wildman–Crippen LogP) is 3.83. The number of nitrogens with one attached hydrogen (secondary N) is 2. The molecule has 0 saturated carbocycles. The molecule has 0 aliphatic heterocycles. The van der Waals surface area contributed by atoms with Crippen molar-refractivity contribution in [3.63, 3.8) is 0 Å². The van der Waals surface area contributed by atoms with Gasteiger partial charge in [0.1, 0.15) is 0 Å². The van der Waals surface area contributed by atoms with E-state index in [1.165, 1.54) is 24.3 Å². The van der Waals surface area contributed by atoms with E-state index in [4.69, 9.17) is 23.2 Å². The molecule has 0 atom stereocenters. The molecule has 2 N–H and O–H groups in total. The number of rotatable bonds is 7. The molecule has 1 amide bonds. The SMILES string of the molecule is O=C(NCCNc1ccc(S(=O)(=O)C(F)F)cc1)c1ccc(Cl)c(Cl)c1. The van der Waals surface area contributed by atoms with E-state index in [0.29, 0.717) is 22.8 Å². The number of alkyl halides is 2. The monoisotopic (exact) mass is 422 g/mol. The number of anilines is 1. The van der Waals surface area contributed by atoms with Gasteiger partial charge in [-0.1, -0.05) is 23.2 Å². The number of halogens is 4. The summed E-state index contributed by atoms with van der Waals surface area (Å²) in [6.07, 6.45) is 0. The lowest BCUT2D eigenvalue weighted by Gasteiger charge is -2.09. The van der Waals surface area contributed by atoms with Crippen molar-refractivity contribution in [1.82, 2.24) is 5.32 Å². The molecule has 0 bridgehead atoms. The van der Waals surface area contributed by atoms with E-state index < -0.39 is 20.5 Å². The molecule has 0 radical (unpaired) electrons. The molecule has 0 spiro atoms. The van der Waals surface area contributed by atoms with Gasteiger partial charge in [-0.3, -0.25) is 4.79 Å². The summed E-state index contributed by atoms with van der Waals surface area (Å²) in [5, 5.41) is 6.23. The number of amides is 1. The van der Waals surface area contributed by atoms with Gasteiger partial charge in [0.05, 0.1) is 14.9 Å². The van der Waals surface area contributed by atoms with Crippen LogP contribution in [0.2, 0.25) is 10.0 Å². The third-order valence-corrected chi connectivity index (χ3v) is 5.48. The number of hydrogen-bond donors (Lipinski definition) is 2. The molecule has 5 nitrogen and oxygen atoms in total. The first-order chi connectivity index (χ1) is 12.2. The first-order valence-corrected chi connectivity index (χ1v) is 9.61. The second-order valence-electron chi connectivity index (χ2n) is 5.14. The molecule has 2 rings (SSSR count). The zero-order valence-corrected chi connectivity index (χ0v) is 15.5. The van der Waals surface area contributed by atoms with E-state index in [2.05, 4.69) is 10.6 Å². The van der Waals surface area contributed by atoms with Crippen LogP contribution in [0.5, 0.6) is 0 Å². The number of carbonyl (C=O) groups excluding carboxylic acids is 1. The smallest absolute Gasteiger partial charge is 0.341 e. The molecule has 140 valence electrons. The van der Waals surface area contributed by atoms with Gasteiger partial charge in [-0.05, 0) is 42.5 Å². The molecule has 2 aromatic carbocycles. The lowest BCUT2D eigenvalue weighted by atomic mass is 10.2. The van der Waals surface area contributed by atoms with E-state index in [1.54, 1.807) is 6.07 Å². The van der Waals surface area contributed by atoms with Crippen LogP contribution in [0, 0.1) is 0 Å². The fourth-order valence-electron chi connectivity index (χ4n) is 1.99. The van der Waals surface area contributed by atoms with Gasteiger partial charge in [0, 0.05) is 24.3 Å². The first kappa shape index (κ1) is 20.4. The van der Waals surface area contributed by atoms with Crippen LogP contribution in [-0.4, -0.2) is 33.2 Å². The molecular weight excluding hydrogens is 409 g/mol. The van der Waals surface area contributed by atoms with Gasteiger partial charge in [0.2, 0.25) is 9.84 Å². The maximum absolute atomic E-state index is 12.5. The summed E-state index contributed by atoms with van der Waals surface area (Å²) in [7, 11) is -4.61. The third-order valence-electron chi connectivity index (χ3n) is 3.34. The van der Waals surface area contributed by atoms with E-state index in [0.717, 1.165) is 12.1 Å². The molecule has 10 heteroatoms. The molecule has 0 heterocycles. The Labute approximate surface area is 159 Å². The summed E-state index contributed by atoms with van der Waals surface area (Å²) in [6, 6.07) is 9.45. The first-order valence-electron chi connectivity index (χ1n) is 7.31. The van der Waals surface area contributed by atoms with Crippen molar-refractivity contribution in [2.24, 2.45) is 0 Å². The van der Waals surface area contributed by atoms with Gasteiger partial charge in [0.15, 0.2) is 0 Å². The third kappa shape index (κ3) is 5.06. The minimum absolute atomic E-state index is 0.274. The highest BCUT2D eigenvalue weighted by Gasteiger charge is 2.26. The molecule has 0 saturated heterocycles. The van der Waals surface area contributed by atoms with E-state index in [-0.39, 0.29) is 17.5 Å². The van der Waals surface area contributed by atoms with Crippen molar-refractivity contribution < 1.29 is 22.0 Å². The van der Waals surface area contributed by atoms with Crippen molar-refractivity contribution in [2.45, 2.75) is 10.7 Å². The Bertz CT molecular complexity index is 891. The Morgan fingerprint density at radius 3 is 2.23 bits per heavy atom. The van der Waals surface area contributed by atoms with Crippen LogP contribution in [0.3, 0.4) is 0 Å². The fourth-order valence-corrected chi connectivity index (χ4v) is 3.01. The number of carbonyl (C=O) groups is 1. The molecule has 0 aliphatic carbocycles. The number of hydrogen-bond acceptors (Lipinski definition) is 4. The zero-order chi connectivity index (χ0) is 19.3. The Morgan fingerprint density at radius 2 is 1.65 bits per heavy atom. The quantitative estimate of drug-likeness (QED) is 0.664. The van der Waals surface area contributed by atoms with Gasteiger partial charge in [-0.25, -0.2) is 8.42 Å². The molecule has 0 aliphatic rings. The van der Waals surface area contributed by atoms with Crippen molar-refractivity contribution >= 4 is 44.6 Å². The van der Waals surface area contributed by atoms with Crippen LogP contribution in [0.4, 0.5) is 14.5 Å². The molecular formula is C16H14Cl2F2N2O3S. The average molecular weight is 423 g/mol. The average Bonchev–Trinajstić information content (AvgIpc) is 2.61. The van der Waals surface area contributed by atoms with Gasteiger partial charge >= 0.3 is 5.76 Å².